The Morgan fingerprint density at radius 3 is 2.76 bits per heavy atom. The number of hydrogen-bond acceptors (Lipinski definition) is 7. The first kappa shape index (κ1) is 15.4. The number of nitrogens with one attached hydrogen (secondary N) is 1. The van der Waals surface area contributed by atoms with Gasteiger partial charge in [0.05, 0.1) is 17.9 Å². The number of aromatic nitrogens is 3. The first-order valence-corrected chi connectivity index (χ1v) is 7.72. The molecule has 0 bridgehead atoms. The fourth-order valence-electron chi connectivity index (χ4n) is 1.42. The number of aliphatic carboxylic acids is 1. The lowest BCUT2D eigenvalue weighted by Gasteiger charge is -2.01. The third-order valence-electron chi connectivity index (χ3n) is 2.33. The largest absolute Gasteiger partial charge is 0.481 e. The Kier molecular flexibility index (Phi) is 5.23. The number of thioether (sulfide) groups is 1. The molecule has 0 aromatic carbocycles. The summed E-state index contributed by atoms with van der Waals surface area (Å²) < 4.78 is 0.674. The van der Waals surface area contributed by atoms with E-state index in [4.69, 9.17) is 5.11 Å². The topological polar surface area (TPSA) is 105 Å². The Bertz CT molecular complexity index is 645. The molecule has 21 heavy (non-hydrogen) atoms. The van der Waals surface area contributed by atoms with Gasteiger partial charge in [0.1, 0.15) is 0 Å². The molecule has 0 aliphatic carbocycles. The molecule has 110 valence electrons. The van der Waals surface area contributed by atoms with Crippen LogP contribution >= 0.6 is 23.1 Å². The van der Waals surface area contributed by atoms with Crippen molar-refractivity contribution in [3.8, 4) is 0 Å². The van der Waals surface area contributed by atoms with Crippen LogP contribution in [0.2, 0.25) is 0 Å². The first-order valence-electron chi connectivity index (χ1n) is 5.92. The molecule has 2 N–H and O–H groups in total. The number of carbonyl (C=O) groups excluding carboxylic acids is 1. The molecule has 1 amide bonds. The molecule has 9 heteroatoms. The quantitative estimate of drug-likeness (QED) is 0.777. The number of nitrogens with zero attached hydrogens (tertiary/aromatic N) is 3. The van der Waals surface area contributed by atoms with E-state index in [0.29, 0.717) is 14.9 Å². The average molecular weight is 324 g/mol. The number of anilines is 1. The van der Waals surface area contributed by atoms with E-state index in [9.17, 15) is 9.59 Å². The SMILES string of the molecule is Cc1nc(SCC(=O)Nc2ncccn2)sc1CC(=O)O. The smallest absolute Gasteiger partial charge is 0.308 e. The van der Waals surface area contributed by atoms with Crippen LogP contribution in [0.25, 0.3) is 0 Å². The number of carboxylic acid groups (broad SMARTS) is 1. The minimum Gasteiger partial charge on any atom is -0.481 e. The van der Waals surface area contributed by atoms with E-state index < -0.39 is 5.97 Å². The van der Waals surface area contributed by atoms with Gasteiger partial charge in [-0.25, -0.2) is 15.0 Å². The maximum atomic E-state index is 11.7. The van der Waals surface area contributed by atoms with Crippen LogP contribution in [0, 0.1) is 6.92 Å². The second-order valence-electron chi connectivity index (χ2n) is 3.97. The molecule has 0 saturated carbocycles. The van der Waals surface area contributed by atoms with Crippen LogP contribution in [0.15, 0.2) is 22.8 Å². The van der Waals surface area contributed by atoms with E-state index in [1.165, 1.54) is 35.5 Å². The molecule has 0 radical (unpaired) electrons. The molecule has 0 aliphatic heterocycles. The molecule has 2 heterocycles. The van der Waals surface area contributed by atoms with Crippen molar-refractivity contribution in [3.63, 3.8) is 0 Å². The average Bonchev–Trinajstić information content (AvgIpc) is 2.77. The van der Waals surface area contributed by atoms with E-state index in [-0.39, 0.29) is 24.0 Å². The van der Waals surface area contributed by atoms with Crippen molar-refractivity contribution in [1.82, 2.24) is 15.0 Å². The highest BCUT2D eigenvalue weighted by Crippen LogP contribution is 2.27. The van der Waals surface area contributed by atoms with Crippen LogP contribution in [0.3, 0.4) is 0 Å². The van der Waals surface area contributed by atoms with Crippen LogP contribution < -0.4 is 5.32 Å². The van der Waals surface area contributed by atoms with Crippen LogP contribution in [0.1, 0.15) is 10.6 Å². The van der Waals surface area contributed by atoms with Crippen molar-refractivity contribution in [2.45, 2.75) is 17.7 Å². The van der Waals surface area contributed by atoms with Crippen LogP contribution in [-0.4, -0.2) is 37.7 Å². The molecule has 0 fully saturated rings. The predicted molar refractivity (Wildman–Crippen MR) is 79.6 cm³/mol. The molecule has 0 atom stereocenters. The monoisotopic (exact) mass is 324 g/mol. The summed E-state index contributed by atoms with van der Waals surface area (Å²) in [4.78, 5) is 35.2. The number of carbonyl (C=O) groups is 2. The highest BCUT2D eigenvalue weighted by molar-refractivity contribution is 8.01. The summed E-state index contributed by atoms with van der Waals surface area (Å²) in [5.74, 6) is -0.710. The fraction of sp³-hybridized carbons (Fsp3) is 0.250. The van der Waals surface area contributed by atoms with Gasteiger partial charge in [-0.2, -0.15) is 0 Å². The van der Waals surface area contributed by atoms with Gasteiger partial charge in [0, 0.05) is 17.3 Å². The molecule has 0 spiro atoms. The van der Waals surface area contributed by atoms with Crippen LogP contribution in [0.5, 0.6) is 0 Å². The van der Waals surface area contributed by atoms with Gasteiger partial charge in [0.2, 0.25) is 11.9 Å². The first-order chi connectivity index (χ1) is 10.0. The van der Waals surface area contributed by atoms with Gasteiger partial charge in [-0.1, -0.05) is 11.8 Å². The molecule has 2 aromatic rings. The second-order valence-corrected chi connectivity index (χ2v) is 6.27. The van der Waals surface area contributed by atoms with Crippen LogP contribution in [0.4, 0.5) is 5.95 Å². The normalized spacial score (nSPS) is 10.3. The number of rotatable bonds is 6. The van der Waals surface area contributed by atoms with Crippen molar-refractivity contribution >= 4 is 40.9 Å². The van der Waals surface area contributed by atoms with Crippen molar-refractivity contribution < 1.29 is 14.7 Å². The minimum atomic E-state index is -0.891. The summed E-state index contributed by atoms with van der Waals surface area (Å²) in [6.45, 7) is 1.76. The van der Waals surface area contributed by atoms with Crippen molar-refractivity contribution in [1.29, 1.82) is 0 Å². The van der Waals surface area contributed by atoms with Crippen molar-refractivity contribution in [2.24, 2.45) is 0 Å². The summed E-state index contributed by atoms with van der Waals surface area (Å²) in [5.41, 5.74) is 0.691. The molecular formula is C12H12N4O3S2. The Balaban J connectivity index is 1.88. The lowest BCUT2D eigenvalue weighted by molar-refractivity contribution is -0.136. The van der Waals surface area contributed by atoms with E-state index in [1.807, 2.05) is 0 Å². The zero-order valence-corrected chi connectivity index (χ0v) is 12.7. The second kappa shape index (κ2) is 7.14. The molecular weight excluding hydrogens is 312 g/mol. The summed E-state index contributed by atoms with van der Waals surface area (Å²) in [7, 11) is 0. The number of amides is 1. The lowest BCUT2D eigenvalue weighted by atomic mass is 10.3. The molecule has 0 unspecified atom stereocenters. The van der Waals surface area contributed by atoms with Gasteiger partial charge in [-0.05, 0) is 13.0 Å². The number of carboxylic acids is 1. The molecule has 0 saturated heterocycles. The minimum absolute atomic E-state index is 0.0475. The maximum Gasteiger partial charge on any atom is 0.308 e. The fourth-order valence-corrected chi connectivity index (χ4v) is 3.44. The van der Waals surface area contributed by atoms with Gasteiger partial charge in [0.25, 0.3) is 0 Å². The van der Waals surface area contributed by atoms with Crippen LogP contribution in [-0.2, 0) is 16.0 Å². The summed E-state index contributed by atoms with van der Waals surface area (Å²) in [6, 6.07) is 1.66. The Hall–Kier alpha value is -2.00. The molecule has 2 aromatic heterocycles. The van der Waals surface area contributed by atoms with Crippen molar-refractivity contribution in [2.75, 3.05) is 11.1 Å². The highest BCUT2D eigenvalue weighted by atomic mass is 32.2. The zero-order chi connectivity index (χ0) is 15.2. The molecule has 0 aliphatic rings. The molecule has 7 nitrogen and oxygen atoms in total. The predicted octanol–water partition coefficient (Wildman–Crippen LogP) is 1.60. The number of hydrogen-bond donors (Lipinski definition) is 2. The summed E-state index contributed by atoms with van der Waals surface area (Å²) in [5, 5.41) is 11.3. The number of aryl methyl sites for hydroxylation is 1. The molecule has 2 rings (SSSR count). The van der Waals surface area contributed by atoms with E-state index in [2.05, 4.69) is 20.3 Å². The Labute approximate surface area is 128 Å². The number of thiazole rings is 1. The highest BCUT2D eigenvalue weighted by Gasteiger charge is 2.13. The van der Waals surface area contributed by atoms with Gasteiger partial charge >= 0.3 is 5.97 Å². The van der Waals surface area contributed by atoms with Gasteiger partial charge in [-0.15, -0.1) is 11.3 Å². The summed E-state index contributed by atoms with van der Waals surface area (Å²) in [6.07, 6.45) is 3.03. The Morgan fingerprint density at radius 1 is 1.38 bits per heavy atom. The van der Waals surface area contributed by atoms with Gasteiger partial charge in [0.15, 0.2) is 4.34 Å². The standard InChI is InChI=1S/C12H12N4O3S2/c1-7-8(5-10(18)19)21-12(15-7)20-6-9(17)16-11-13-3-2-4-14-11/h2-4H,5-6H2,1H3,(H,18,19)(H,13,14,16,17). The zero-order valence-electron chi connectivity index (χ0n) is 11.1. The Morgan fingerprint density at radius 2 is 2.10 bits per heavy atom. The van der Waals surface area contributed by atoms with E-state index in [0.717, 1.165) is 0 Å². The summed E-state index contributed by atoms with van der Waals surface area (Å²) >= 11 is 2.55. The van der Waals surface area contributed by atoms with Gasteiger partial charge < -0.3 is 5.11 Å². The van der Waals surface area contributed by atoms with Crippen molar-refractivity contribution in [3.05, 3.63) is 29.0 Å². The maximum absolute atomic E-state index is 11.7. The van der Waals surface area contributed by atoms with E-state index >= 15 is 0 Å². The van der Waals surface area contributed by atoms with Gasteiger partial charge in [-0.3, -0.25) is 14.9 Å². The third kappa shape index (κ3) is 4.80. The lowest BCUT2D eigenvalue weighted by Crippen LogP contribution is -2.15. The van der Waals surface area contributed by atoms with E-state index in [1.54, 1.807) is 13.0 Å². The third-order valence-corrected chi connectivity index (χ3v) is 4.63.